The fraction of sp³-hybridized carbons (Fsp3) is 0.833. The highest BCUT2D eigenvalue weighted by Crippen LogP contribution is 2.08. The molecule has 1 fully saturated rings. The number of carboxylic acids is 3. The minimum Gasteiger partial charge on any atom is -0.480 e. The summed E-state index contributed by atoms with van der Waals surface area (Å²) in [5.74, 6) is -3.15. The average molecular weight is 450 g/mol. The molecule has 13 nitrogen and oxygen atoms in total. The SMILES string of the molecule is CC(O)C(O)C(O)N1CCN(CC(=O)O)CCN(CC(=O)O)CCN(CC(=O)O)CC1. The van der Waals surface area contributed by atoms with Crippen LogP contribution in [0.25, 0.3) is 0 Å². The van der Waals surface area contributed by atoms with Gasteiger partial charge in [-0.2, -0.15) is 0 Å². The Balaban J connectivity index is 3.03. The summed E-state index contributed by atoms with van der Waals surface area (Å²) in [6.45, 7) is 2.25. The third-order valence-electron chi connectivity index (χ3n) is 5.12. The van der Waals surface area contributed by atoms with Gasteiger partial charge >= 0.3 is 17.9 Å². The van der Waals surface area contributed by atoms with E-state index in [-0.39, 0.29) is 72.0 Å². The van der Waals surface area contributed by atoms with Gasteiger partial charge in [-0.1, -0.05) is 0 Å². The van der Waals surface area contributed by atoms with Crippen molar-refractivity contribution >= 4 is 17.9 Å². The summed E-state index contributed by atoms with van der Waals surface area (Å²) in [4.78, 5) is 39.9. The van der Waals surface area contributed by atoms with Gasteiger partial charge in [0.1, 0.15) is 12.3 Å². The van der Waals surface area contributed by atoms with E-state index >= 15 is 0 Å². The van der Waals surface area contributed by atoms with Crippen molar-refractivity contribution in [2.45, 2.75) is 25.4 Å². The van der Waals surface area contributed by atoms with Crippen LogP contribution in [0.2, 0.25) is 0 Å². The molecule has 0 amide bonds. The number of aliphatic carboxylic acids is 3. The molecule has 1 heterocycles. The van der Waals surface area contributed by atoms with Crippen LogP contribution in [0.4, 0.5) is 0 Å². The second-order valence-electron chi connectivity index (χ2n) is 7.69. The molecule has 0 saturated carbocycles. The molecule has 31 heavy (non-hydrogen) atoms. The van der Waals surface area contributed by atoms with Crippen LogP contribution in [-0.4, -0.2) is 159 Å². The Kier molecular flexibility index (Phi) is 11.8. The molecular formula is C18H34N4O9. The van der Waals surface area contributed by atoms with Crippen molar-refractivity contribution in [3.63, 3.8) is 0 Å². The van der Waals surface area contributed by atoms with E-state index in [1.807, 2.05) is 0 Å². The summed E-state index contributed by atoms with van der Waals surface area (Å²) in [6.07, 6.45) is -4.09. The van der Waals surface area contributed by atoms with Gasteiger partial charge in [-0.05, 0) is 6.92 Å². The molecule has 0 aromatic carbocycles. The minimum atomic E-state index is -1.46. The van der Waals surface area contributed by atoms with E-state index in [1.54, 1.807) is 14.7 Å². The first-order chi connectivity index (χ1) is 14.5. The third-order valence-corrected chi connectivity index (χ3v) is 5.12. The molecule has 13 heteroatoms. The van der Waals surface area contributed by atoms with Crippen molar-refractivity contribution in [3.8, 4) is 0 Å². The molecule has 0 bridgehead atoms. The second-order valence-corrected chi connectivity index (χ2v) is 7.69. The predicted octanol–water partition coefficient (Wildman–Crippen LogP) is -3.48. The zero-order chi connectivity index (χ0) is 23.6. The van der Waals surface area contributed by atoms with Gasteiger partial charge in [0.05, 0.1) is 25.7 Å². The van der Waals surface area contributed by atoms with Crippen LogP contribution in [-0.2, 0) is 14.4 Å². The zero-order valence-electron chi connectivity index (χ0n) is 17.7. The van der Waals surface area contributed by atoms with Crippen LogP contribution in [0.5, 0.6) is 0 Å². The maximum atomic E-state index is 11.2. The number of nitrogens with zero attached hydrogens (tertiary/aromatic N) is 4. The van der Waals surface area contributed by atoms with Crippen LogP contribution in [0, 0.1) is 0 Å². The first kappa shape index (κ1) is 27.2. The lowest BCUT2D eigenvalue weighted by Crippen LogP contribution is -2.54. The molecule has 0 radical (unpaired) electrons. The summed E-state index contributed by atoms with van der Waals surface area (Å²) in [5.41, 5.74) is 0. The number of hydrogen-bond donors (Lipinski definition) is 6. The minimum absolute atomic E-state index is 0.151. The summed E-state index contributed by atoms with van der Waals surface area (Å²) in [7, 11) is 0. The van der Waals surface area contributed by atoms with Crippen molar-refractivity contribution in [3.05, 3.63) is 0 Å². The topological polar surface area (TPSA) is 186 Å². The maximum absolute atomic E-state index is 11.2. The number of hydrogen-bond acceptors (Lipinski definition) is 10. The van der Waals surface area contributed by atoms with Crippen LogP contribution in [0.15, 0.2) is 0 Å². The van der Waals surface area contributed by atoms with Gasteiger partial charge in [0, 0.05) is 52.4 Å². The zero-order valence-corrected chi connectivity index (χ0v) is 17.7. The summed E-state index contributed by atoms with van der Waals surface area (Å²) in [5, 5.41) is 57.6. The largest absolute Gasteiger partial charge is 0.480 e. The third kappa shape index (κ3) is 10.8. The number of carboxylic acid groups (broad SMARTS) is 3. The summed E-state index contributed by atoms with van der Waals surface area (Å²) in [6, 6.07) is 0. The fourth-order valence-corrected chi connectivity index (χ4v) is 3.33. The van der Waals surface area contributed by atoms with E-state index in [0.717, 1.165) is 0 Å². The second kappa shape index (κ2) is 13.5. The molecule has 3 atom stereocenters. The van der Waals surface area contributed by atoms with Gasteiger partial charge in [-0.15, -0.1) is 0 Å². The summed E-state index contributed by atoms with van der Waals surface area (Å²) >= 11 is 0. The van der Waals surface area contributed by atoms with Gasteiger partial charge in [0.15, 0.2) is 0 Å². The van der Waals surface area contributed by atoms with E-state index < -0.39 is 36.3 Å². The lowest BCUT2D eigenvalue weighted by molar-refractivity contribution is -0.141. The van der Waals surface area contributed by atoms with E-state index in [0.29, 0.717) is 0 Å². The fourth-order valence-electron chi connectivity index (χ4n) is 3.33. The van der Waals surface area contributed by atoms with E-state index in [1.165, 1.54) is 11.8 Å². The van der Waals surface area contributed by atoms with Gasteiger partial charge in [0.2, 0.25) is 0 Å². The maximum Gasteiger partial charge on any atom is 0.317 e. The molecule has 3 unspecified atom stereocenters. The number of aliphatic hydroxyl groups excluding tert-OH is 3. The molecule has 6 N–H and O–H groups in total. The monoisotopic (exact) mass is 450 g/mol. The van der Waals surface area contributed by atoms with E-state index in [9.17, 15) is 39.9 Å². The molecule has 0 aromatic heterocycles. The molecule has 1 aliphatic heterocycles. The first-order valence-corrected chi connectivity index (χ1v) is 10.1. The van der Waals surface area contributed by atoms with Crippen molar-refractivity contribution in [1.82, 2.24) is 19.6 Å². The van der Waals surface area contributed by atoms with Gasteiger partial charge in [-0.25, -0.2) is 0 Å². The standard InChI is InChI=1S/C18H34N4O9/c1-13(23)17(30)18(31)22-8-6-20(11-15(26)27)4-2-19(10-14(24)25)3-5-21(7-9-22)12-16(28)29/h13,17-18,23,30-31H,2-12H2,1H3,(H,24,25)(H,26,27)(H,28,29). The summed E-state index contributed by atoms with van der Waals surface area (Å²) < 4.78 is 0. The Bertz CT molecular complexity index is 560. The van der Waals surface area contributed by atoms with Crippen molar-refractivity contribution < 1.29 is 45.0 Å². The van der Waals surface area contributed by atoms with E-state index in [4.69, 9.17) is 5.11 Å². The molecule has 1 saturated heterocycles. The Hall–Kier alpha value is -1.87. The Morgan fingerprint density at radius 2 is 0.935 bits per heavy atom. The molecule has 0 spiro atoms. The normalized spacial score (nSPS) is 22.1. The van der Waals surface area contributed by atoms with E-state index in [2.05, 4.69) is 0 Å². The van der Waals surface area contributed by atoms with Gasteiger partial charge in [0.25, 0.3) is 0 Å². The highest BCUT2D eigenvalue weighted by atomic mass is 16.4. The Morgan fingerprint density at radius 3 is 1.19 bits per heavy atom. The first-order valence-electron chi connectivity index (χ1n) is 10.1. The number of rotatable bonds is 9. The quantitative estimate of drug-likeness (QED) is 0.204. The number of carbonyl (C=O) groups is 3. The Morgan fingerprint density at radius 1 is 0.645 bits per heavy atom. The molecular weight excluding hydrogens is 416 g/mol. The van der Waals surface area contributed by atoms with Crippen molar-refractivity contribution in [2.75, 3.05) is 72.0 Å². The van der Waals surface area contributed by atoms with Crippen molar-refractivity contribution in [1.29, 1.82) is 0 Å². The smallest absolute Gasteiger partial charge is 0.317 e. The molecule has 1 aliphatic rings. The predicted molar refractivity (Wildman–Crippen MR) is 107 cm³/mol. The molecule has 0 aromatic rings. The van der Waals surface area contributed by atoms with Crippen LogP contribution in [0.3, 0.4) is 0 Å². The van der Waals surface area contributed by atoms with Crippen LogP contribution < -0.4 is 0 Å². The molecule has 1 rings (SSSR count). The highest BCUT2D eigenvalue weighted by molar-refractivity contribution is 5.69. The van der Waals surface area contributed by atoms with Crippen LogP contribution in [0.1, 0.15) is 6.92 Å². The lowest BCUT2D eigenvalue weighted by atomic mass is 10.2. The van der Waals surface area contributed by atoms with Gasteiger partial charge < -0.3 is 30.6 Å². The van der Waals surface area contributed by atoms with Crippen LogP contribution >= 0.6 is 0 Å². The van der Waals surface area contributed by atoms with Crippen molar-refractivity contribution in [2.24, 2.45) is 0 Å². The van der Waals surface area contributed by atoms with Gasteiger partial charge in [-0.3, -0.25) is 34.0 Å². The molecule has 0 aliphatic carbocycles. The Labute approximate surface area is 180 Å². The average Bonchev–Trinajstić information content (AvgIpc) is 2.65. The molecule has 180 valence electrons. The number of aliphatic hydroxyl groups is 3. The lowest BCUT2D eigenvalue weighted by Gasteiger charge is -2.36. The highest BCUT2D eigenvalue weighted by Gasteiger charge is 2.29.